The van der Waals surface area contributed by atoms with E-state index in [0.29, 0.717) is 5.57 Å². The largest absolute Gasteiger partial charge is 0.383 e. The van der Waals surface area contributed by atoms with Crippen LogP contribution < -0.4 is 0 Å². The molecule has 1 aromatic rings. The van der Waals surface area contributed by atoms with Crippen molar-refractivity contribution in [1.29, 1.82) is 0 Å². The van der Waals surface area contributed by atoms with Crippen LogP contribution in [0.5, 0.6) is 0 Å². The lowest BCUT2D eigenvalue weighted by Gasteiger charge is -2.41. The molecule has 6 heteroatoms. The minimum absolute atomic E-state index is 0.119. The fraction of sp³-hybridized carbons (Fsp3) is 0.471. The molecule has 1 aromatic carbocycles. The van der Waals surface area contributed by atoms with Gasteiger partial charge in [0.2, 0.25) is 0 Å². The summed E-state index contributed by atoms with van der Waals surface area (Å²) in [5.74, 6) is -0.119. The average Bonchev–Trinajstić information content (AvgIpc) is 2.57. The molecule has 124 valence electrons. The van der Waals surface area contributed by atoms with Crippen molar-refractivity contribution in [3.8, 4) is 0 Å². The second-order valence-corrected chi connectivity index (χ2v) is 5.79. The number of carbonyl (C=O) groups excluding carboxylic acids is 1. The predicted molar refractivity (Wildman–Crippen MR) is 82.5 cm³/mol. The van der Waals surface area contributed by atoms with Gasteiger partial charge in [0.05, 0.1) is 12.2 Å². The lowest BCUT2D eigenvalue weighted by Crippen LogP contribution is -2.54. The Hall–Kier alpha value is -1.73. The summed E-state index contributed by atoms with van der Waals surface area (Å²) < 4.78 is 22.7. The van der Waals surface area contributed by atoms with E-state index in [9.17, 15) is 4.79 Å². The number of fused-ring (bicyclic) bond motifs is 1. The van der Waals surface area contributed by atoms with Crippen LogP contribution in [0.4, 0.5) is 0 Å². The Morgan fingerprint density at radius 1 is 1.22 bits per heavy atom. The van der Waals surface area contributed by atoms with Crippen LogP contribution in [0.2, 0.25) is 0 Å². The zero-order valence-corrected chi connectivity index (χ0v) is 13.5. The molecule has 4 atom stereocenters. The molecule has 2 aliphatic heterocycles. The third-order valence-electron chi connectivity index (χ3n) is 3.80. The summed E-state index contributed by atoms with van der Waals surface area (Å²) in [4.78, 5) is 14.6. The number of nitrogens with zero attached hydrogens (tertiary/aromatic N) is 1. The van der Waals surface area contributed by atoms with E-state index < -0.39 is 24.8 Å². The van der Waals surface area contributed by atoms with Gasteiger partial charge in [-0.25, -0.2) is 0 Å². The highest BCUT2D eigenvalue weighted by Crippen LogP contribution is 2.34. The summed E-state index contributed by atoms with van der Waals surface area (Å²) >= 11 is 0. The van der Waals surface area contributed by atoms with Gasteiger partial charge in [0.1, 0.15) is 6.10 Å². The van der Waals surface area contributed by atoms with E-state index in [4.69, 9.17) is 18.9 Å². The van der Waals surface area contributed by atoms with Crippen molar-refractivity contribution in [2.45, 2.75) is 24.8 Å². The van der Waals surface area contributed by atoms with Crippen LogP contribution in [0, 0.1) is 0 Å². The molecule has 0 aromatic heterocycles. The van der Waals surface area contributed by atoms with Crippen molar-refractivity contribution in [3.05, 3.63) is 47.7 Å². The number of hydrogen-bond donors (Lipinski definition) is 0. The molecule has 0 spiro atoms. The average molecular weight is 319 g/mol. The number of hydrogen-bond acceptors (Lipinski definition) is 6. The number of methoxy groups -OCH3 is 1. The number of carbonyl (C=O) groups is 1. The van der Waals surface area contributed by atoms with Gasteiger partial charge >= 0.3 is 0 Å². The quantitative estimate of drug-likeness (QED) is 0.787. The van der Waals surface area contributed by atoms with E-state index in [2.05, 4.69) is 0 Å². The fourth-order valence-electron chi connectivity index (χ4n) is 2.75. The third kappa shape index (κ3) is 3.30. The topological polar surface area (TPSA) is 57.2 Å². The molecule has 3 rings (SSSR count). The summed E-state index contributed by atoms with van der Waals surface area (Å²) in [5.41, 5.74) is 1.33. The molecule has 2 heterocycles. The summed E-state index contributed by atoms with van der Waals surface area (Å²) in [7, 11) is 5.20. The minimum Gasteiger partial charge on any atom is -0.383 e. The second-order valence-electron chi connectivity index (χ2n) is 5.79. The molecule has 0 radical (unpaired) electrons. The van der Waals surface area contributed by atoms with E-state index >= 15 is 0 Å². The number of benzene rings is 1. The molecule has 2 saturated heterocycles. The molecular weight excluding hydrogens is 298 g/mol. The highest BCUT2D eigenvalue weighted by Gasteiger charge is 2.46. The maximum atomic E-state index is 12.8. The molecule has 2 aliphatic rings. The summed E-state index contributed by atoms with van der Waals surface area (Å²) in [5, 5.41) is 0. The maximum absolute atomic E-state index is 12.8. The van der Waals surface area contributed by atoms with Crippen molar-refractivity contribution >= 4 is 5.78 Å². The van der Waals surface area contributed by atoms with E-state index in [1.807, 2.05) is 44.4 Å². The van der Waals surface area contributed by atoms with Crippen molar-refractivity contribution in [1.82, 2.24) is 4.90 Å². The van der Waals surface area contributed by atoms with Gasteiger partial charge < -0.3 is 23.8 Å². The van der Waals surface area contributed by atoms with Crippen molar-refractivity contribution in [3.63, 3.8) is 0 Å². The Balaban J connectivity index is 1.82. The first kappa shape index (κ1) is 16.1. The molecule has 6 nitrogen and oxygen atoms in total. The summed E-state index contributed by atoms with van der Waals surface area (Å²) in [6.45, 7) is 0.283. The van der Waals surface area contributed by atoms with Gasteiger partial charge in [0.25, 0.3) is 0 Å². The van der Waals surface area contributed by atoms with Gasteiger partial charge in [-0.2, -0.15) is 0 Å². The van der Waals surface area contributed by atoms with Crippen molar-refractivity contribution < 1.29 is 23.7 Å². The standard InChI is InChI=1S/C17H21NO5/c1-18(2)9-12-14(19)15-13(22-17(12)20-3)10-21-16(23-15)11-7-5-4-6-8-11/h4-9,13,15-17H,10H2,1-3H3/b12-9-/t13-,15-,16-,17+/m1/s1. The first-order valence-electron chi connectivity index (χ1n) is 7.52. The minimum atomic E-state index is -0.702. The van der Waals surface area contributed by atoms with Crippen LogP contribution in [0.15, 0.2) is 42.1 Å². The first-order valence-corrected chi connectivity index (χ1v) is 7.52. The molecule has 0 bridgehead atoms. The van der Waals surface area contributed by atoms with Crippen molar-refractivity contribution in [2.24, 2.45) is 0 Å². The molecule has 0 aliphatic carbocycles. The summed E-state index contributed by atoms with van der Waals surface area (Å²) in [6.07, 6.45) is -0.710. The molecule has 23 heavy (non-hydrogen) atoms. The molecule has 0 unspecified atom stereocenters. The van der Waals surface area contributed by atoms with Gasteiger partial charge in [-0.05, 0) is 0 Å². The first-order chi connectivity index (χ1) is 11.1. The molecular formula is C17H21NO5. The molecule has 2 fully saturated rings. The van der Waals surface area contributed by atoms with Crippen LogP contribution in [0.25, 0.3) is 0 Å². The normalized spacial score (nSPS) is 32.7. The Morgan fingerprint density at radius 3 is 2.61 bits per heavy atom. The lowest BCUT2D eigenvalue weighted by atomic mass is 9.97. The van der Waals surface area contributed by atoms with Gasteiger partial charge in [-0.15, -0.1) is 0 Å². The monoisotopic (exact) mass is 319 g/mol. The Kier molecular flexibility index (Phi) is 4.77. The lowest BCUT2D eigenvalue weighted by molar-refractivity contribution is -0.288. The van der Waals surface area contributed by atoms with Crippen LogP contribution >= 0.6 is 0 Å². The van der Waals surface area contributed by atoms with E-state index in [1.165, 1.54) is 7.11 Å². The maximum Gasteiger partial charge on any atom is 0.197 e. The van der Waals surface area contributed by atoms with Gasteiger partial charge in [-0.1, -0.05) is 30.3 Å². The number of ether oxygens (including phenoxy) is 4. The molecule has 0 saturated carbocycles. The zero-order chi connectivity index (χ0) is 16.4. The smallest absolute Gasteiger partial charge is 0.197 e. The van der Waals surface area contributed by atoms with Crippen LogP contribution in [0.1, 0.15) is 11.9 Å². The number of rotatable bonds is 3. The Labute approximate surface area is 135 Å². The van der Waals surface area contributed by atoms with Gasteiger partial charge in [0.15, 0.2) is 24.5 Å². The second kappa shape index (κ2) is 6.80. The van der Waals surface area contributed by atoms with Crippen LogP contribution in [0.3, 0.4) is 0 Å². The Morgan fingerprint density at radius 2 is 1.96 bits per heavy atom. The van der Waals surface area contributed by atoms with Crippen LogP contribution in [-0.2, 0) is 23.7 Å². The fourth-order valence-corrected chi connectivity index (χ4v) is 2.75. The highest BCUT2D eigenvalue weighted by atomic mass is 16.7. The SMILES string of the molecule is CO[C@H]1O[C@@H]2CO[C@@H](c3ccccc3)O[C@H]2C(=O)/C1=C/N(C)C. The molecule has 0 N–H and O–H groups in total. The zero-order valence-electron chi connectivity index (χ0n) is 13.5. The Bertz CT molecular complexity index is 586. The molecule has 0 amide bonds. The summed E-state index contributed by atoms with van der Waals surface area (Å²) in [6, 6.07) is 9.56. The van der Waals surface area contributed by atoms with E-state index in [0.717, 1.165) is 5.56 Å². The van der Waals surface area contributed by atoms with Crippen LogP contribution in [-0.4, -0.2) is 57.0 Å². The third-order valence-corrected chi connectivity index (χ3v) is 3.80. The number of ketones is 1. The van der Waals surface area contributed by atoms with E-state index in [1.54, 1.807) is 11.1 Å². The van der Waals surface area contributed by atoms with Gasteiger partial charge in [0, 0.05) is 33.0 Å². The predicted octanol–water partition coefficient (Wildman–Crippen LogP) is 1.49. The van der Waals surface area contributed by atoms with Gasteiger partial charge in [-0.3, -0.25) is 4.79 Å². The van der Waals surface area contributed by atoms with E-state index in [-0.39, 0.29) is 12.4 Å². The highest BCUT2D eigenvalue weighted by molar-refractivity contribution is 6.00. The van der Waals surface area contributed by atoms with Crippen molar-refractivity contribution in [2.75, 3.05) is 27.8 Å². The number of Topliss-reactive ketones (excluding diaryl/α,β-unsaturated/α-hetero) is 1.